The maximum atomic E-state index is 14.8. The number of rotatable bonds is 19. The van der Waals surface area contributed by atoms with Crippen LogP contribution in [-0.2, 0) is 52.3 Å². The van der Waals surface area contributed by atoms with Crippen molar-refractivity contribution in [3.8, 4) is 0 Å². The number of carboxylic acid groups (broad SMARTS) is 1. The second-order valence-corrected chi connectivity index (χ2v) is 18.6. The first-order valence-corrected chi connectivity index (χ1v) is 22.9. The fraction of sp³-hybridized carbons (Fsp3) is 0.881. The van der Waals surface area contributed by atoms with Crippen molar-refractivity contribution in [2.45, 2.75) is 171 Å². The van der Waals surface area contributed by atoms with E-state index in [9.17, 15) is 69.9 Å². The smallest absolute Gasteiger partial charge is 0.479 e. The summed E-state index contributed by atoms with van der Waals surface area (Å²) in [7, 11) is 3.69. The van der Waals surface area contributed by atoms with E-state index in [4.69, 9.17) is 33.2 Å². The van der Waals surface area contributed by atoms with Crippen molar-refractivity contribution in [3.63, 3.8) is 0 Å². The number of aliphatic hydroxyl groups excluding tert-OH is 8. The zero-order chi connectivity index (χ0) is 51.1. The van der Waals surface area contributed by atoms with Crippen LogP contribution in [-0.4, -0.2) is 244 Å². The van der Waals surface area contributed by atoms with Crippen molar-refractivity contribution < 1.29 is 138 Å². The molecular weight excluding hydrogens is 933 g/mol. The number of carboxylic acids is 1. The molecular formula is C42H74N5NaO21+2. The number of aliphatic hydroxyl groups is 8. The van der Waals surface area contributed by atoms with Gasteiger partial charge in [0.05, 0.1) is 52.1 Å². The van der Waals surface area contributed by atoms with Gasteiger partial charge in [0.2, 0.25) is 11.8 Å². The Morgan fingerprint density at radius 1 is 0.652 bits per heavy atom. The summed E-state index contributed by atoms with van der Waals surface area (Å²) < 4.78 is 42.0. The maximum Gasteiger partial charge on any atom is 1.00 e. The van der Waals surface area contributed by atoms with Crippen LogP contribution in [0, 0.1) is 17.8 Å². The molecule has 0 aromatic rings. The quantitative estimate of drug-likeness (QED) is 0.0534. The summed E-state index contributed by atoms with van der Waals surface area (Å²) in [6.45, 7) is 9.15. The van der Waals surface area contributed by atoms with E-state index in [0.717, 1.165) is 16.7 Å². The van der Waals surface area contributed by atoms with E-state index in [1.54, 1.807) is 34.6 Å². The summed E-state index contributed by atoms with van der Waals surface area (Å²) in [6, 6.07) is -3.80. The molecule has 4 aliphatic heterocycles. The third-order valence-electron chi connectivity index (χ3n) is 12.4. The molecule has 0 spiro atoms. The van der Waals surface area contributed by atoms with Gasteiger partial charge < -0.3 is 100.0 Å². The van der Waals surface area contributed by atoms with Gasteiger partial charge in [0, 0.05) is 39.3 Å². The van der Waals surface area contributed by atoms with Crippen LogP contribution in [0.2, 0.25) is 0 Å². The van der Waals surface area contributed by atoms with Gasteiger partial charge in [-0.3, -0.25) is 19.3 Å². The standard InChI is InChI=1S/C42H73N5O21.Na/c1-10-43-42(61)47(13-11-12-46(8)9)37(58)36-35(28(55)30(57)41(68-36)65-33-23(44-18(6)50)31(17(4)5)62-20(14-48)25(33)52)67-39-24(45-19(7)51)34(26(53)21(15-49)63-39)66-40-29(56)27(54)22(16(2)3)32(64-40)38(59)60;/h16-17,20-36,39-41,48-49,52-57H,10-15H2,1-9H3,(H,43,61)(H,44,50)(H,45,51)(H,59,60);/q;+1/p+1. The van der Waals surface area contributed by atoms with Crippen molar-refractivity contribution in [1.82, 2.24) is 20.9 Å². The molecule has 0 saturated carbocycles. The van der Waals surface area contributed by atoms with Gasteiger partial charge in [0.25, 0.3) is 5.91 Å². The Hall–Kier alpha value is -2.29. The molecule has 4 aliphatic rings. The summed E-state index contributed by atoms with van der Waals surface area (Å²) >= 11 is 0. The number of amides is 5. The monoisotopic (exact) mass is 1010 g/mol. The molecule has 69 heavy (non-hydrogen) atoms. The van der Waals surface area contributed by atoms with Crippen LogP contribution in [0.25, 0.3) is 0 Å². The second-order valence-electron chi connectivity index (χ2n) is 18.6. The summed E-state index contributed by atoms with van der Waals surface area (Å²) in [4.78, 5) is 67.8. The number of nitrogens with zero attached hydrogens (tertiary/aromatic N) is 1. The molecule has 4 rings (SSSR count). The van der Waals surface area contributed by atoms with Crippen LogP contribution < -0.4 is 50.4 Å². The Balaban J connectivity index is 0.0000126. The first-order valence-electron chi connectivity index (χ1n) is 22.9. The number of quaternary nitrogens is 1. The first-order chi connectivity index (χ1) is 31.9. The number of aliphatic carboxylic acids is 1. The largest absolute Gasteiger partial charge is 1.00 e. The molecule has 0 aliphatic carbocycles. The van der Waals surface area contributed by atoms with Crippen LogP contribution >= 0.6 is 0 Å². The van der Waals surface area contributed by atoms with Gasteiger partial charge >= 0.3 is 41.6 Å². The van der Waals surface area contributed by atoms with Gasteiger partial charge in [-0.2, -0.15) is 0 Å². The molecule has 392 valence electrons. The number of imide groups is 1. The number of hydrogen-bond donors (Lipinski definition) is 13. The fourth-order valence-corrected chi connectivity index (χ4v) is 9.03. The number of nitrogens with one attached hydrogen (secondary N) is 4. The van der Waals surface area contributed by atoms with E-state index in [2.05, 4.69) is 16.0 Å². The predicted molar refractivity (Wildman–Crippen MR) is 229 cm³/mol. The molecule has 13 N–H and O–H groups in total. The van der Waals surface area contributed by atoms with E-state index in [0.29, 0.717) is 6.54 Å². The van der Waals surface area contributed by atoms with E-state index in [-0.39, 0.29) is 55.0 Å². The molecule has 0 radical (unpaired) electrons. The molecule has 4 heterocycles. The minimum absolute atomic E-state index is 0. The second kappa shape index (κ2) is 27.1. The van der Waals surface area contributed by atoms with Crippen LogP contribution in [0.3, 0.4) is 0 Å². The Bertz CT molecular complexity index is 1690. The number of carbonyl (C=O) groups is 5. The molecule has 4 saturated heterocycles. The van der Waals surface area contributed by atoms with Crippen LogP contribution in [0.1, 0.15) is 54.9 Å². The van der Waals surface area contributed by atoms with Crippen LogP contribution in [0.5, 0.6) is 0 Å². The third-order valence-corrected chi connectivity index (χ3v) is 12.4. The Morgan fingerprint density at radius 3 is 1.62 bits per heavy atom. The summed E-state index contributed by atoms with van der Waals surface area (Å²) in [5.74, 6) is -6.07. The fourth-order valence-electron chi connectivity index (χ4n) is 9.03. The molecule has 0 aromatic heterocycles. The molecule has 0 aromatic carbocycles. The summed E-state index contributed by atoms with van der Waals surface area (Å²) in [5.41, 5.74) is 0. The summed E-state index contributed by atoms with van der Waals surface area (Å²) in [5, 5.41) is 107. The minimum atomic E-state index is -2.25. The Morgan fingerprint density at radius 2 is 1.14 bits per heavy atom. The number of carbonyl (C=O) groups excluding carboxylic acids is 4. The van der Waals surface area contributed by atoms with Gasteiger partial charge in [-0.15, -0.1) is 0 Å². The molecule has 4 fully saturated rings. The van der Waals surface area contributed by atoms with Crippen molar-refractivity contribution in [2.75, 3.05) is 46.9 Å². The first kappa shape index (κ1) is 61.0. The van der Waals surface area contributed by atoms with Crippen molar-refractivity contribution >= 4 is 29.7 Å². The minimum Gasteiger partial charge on any atom is -0.479 e. The number of ether oxygens (including phenoxy) is 7. The van der Waals surface area contributed by atoms with Gasteiger partial charge in [0.1, 0.15) is 67.1 Å². The van der Waals surface area contributed by atoms with E-state index in [1.165, 1.54) is 6.92 Å². The zero-order valence-corrected chi connectivity index (χ0v) is 42.8. The number of hydrogen-bond acceptors (Lipinski definition) is 20. The third kappa shape index (κ3) is 14.7. The van der Waals surface area contributed by atoms with Crippen molar-refractivity contribution in [3.05, 3.63) is 0 Å². The molecule has 0 bridgehead atoms. The molecule has 5 amide bonds. The number of urea groups is 1. The van der Waals surface area contributed by atoms with Crippen LogP contribution in [0.4, 0.5) is 4.79 Å². The van der Waals surface area contributed by atoms with E-state index in [1.807, 2.05) is 14.1 Å². The Kier molecular flexibility index (Phi) is 24.0. The SMILES string of the molecule is CCNC(=O)N(CCC[NH+](C)C)C(=O)C1OC(OC2C(O)C(CO)OC(C(C)C)C2NC(C)=O)C(O)C(O)C1OC1OC(CO)C(O)C(OC2OC(C(=O)O)C(C(C)C)C(O)C2O)C1NC(C)=O.[Na+]. The maximum absolute atomic E-state index is 14.8. The topological polar surface area (TPSA) is 376 Å². The zero-order valence-electron chi connectivity index (χ0n) is 40.8. The molecule has 20 unspecified atom stereocenters. The molecule has 20 atom stereocenters. The predicted octanol–water partition coefficient (Wildman–Crippen LogP) is -9.65. The van der Waals surface area contributed by atoms with E-state index < -0.39 is 171 Å². The molecule has 27 heteroatoms. The van der Waals surface area contributed by atoms with Crippen molar-refractivity contribution in [1.29, 1.82) is 0 Å². The van der Waals surface area contributed by atoms with Gasteiger partial charge in [0.15, 0.2) is 31.1 Å². The van der Waals surface area contributed by atoms with Gasteiger partial charge in [-0.05, 0) is 18.8 Å². The summed E-state index contributed by atoms with van der Waals surface area (Å²) in [6.07, 6.45) is -30.7. The Labute approximate surface area is 422 Å². The average Bonchev–Trinajstić information content (AvgIpc) is 3.25. The van der Waals surface area contributed by atoms with Crippen LogP contribution in [0.15, 0.2) is 0 Å². The van der Waals surface area contributed by atoms with Gasteiger partial charge in [-0.25, -0.2) is 9.59 Å². The normalized spacial score (nSPS) is 38.3. The average molecular weight is 1010 g/mol. The van der Waals surface area contributed by atoms with E-state index >= 15 is 0 Å². The van der Waals surface area contributed by atoms with Gasteiger partial charge in [-0.1, -0.05) is 27.7 Å². The molecule has 26 nitrogen and oxygen atoms in total. The van der Waals surface area contributed by atoms with Crippen molar-refractivity contribution in [2.24, 2.45) is 17.8 Å².